The summed E-state index contributed by atoms with van der Waals surface area (Å²) in [6.45, 7) is 1.71. The van der Waals surface area contributed by atoms with Gasteiger partial charge in [0.25, 0.3) is 5.91 Å². The van der Waals surface area contributed by atoms with Crippen LogP contribution in [0.5, 0.6) is 0 Å². The highest BCUT2D eigenvalue weighted by molar-refractivity contribution is 5.97. The van der Waals surface area contributed by atoms with E-state index in [9.17, 15) is 4.79 Å². The van der Waals surface area contributed by atoms with E-state index in [0.29, 0.717) is 5.56 Å². The second-order valence-electron chi connectivity index (χ2n) is 6.18. The van der Waals surface area contributed by atoms with Gasteiger partial charge in [-0.3, -0.25) is 9.78 Å². The Morgan fingerprint density at radius 2 is 1.71 bits per heavy atom. The molecule has 0 aliphatic carbocycles. The number of aromatic nitrogens is 2. The van der Waals surface area contributed by atoms with Gasteiger partial charge in [-0.15, -0.1) is 0 Å². The molecule has 1 aromatic heterocycles. The number of rotatable bonds is 2. The van der Waals surface area contributed by atoms with Crippen LogP contribution in [0.3, 0.4) is 0 Å². The number of hydrogen-bond donors (Lipinski definition) is 0. The Balaban J connectivity index is 1.70. The van der Waals surface area contributed by atoms with Gasteiger partial charge in [0.15, 0.2) is 0 Å². The summed E-state index contributed by atoms with van der Waals surface area (Å²) >= 11 is 0. The molecular weight excluding hydrogens is 298 g/mol. The minimum absolute atomic E-state index is 0.100. The molecule has 0 bridgehead atoms. The molecule has 1 aliphatic rings. The fraction of sp³-hybridized carbons (Fsp3) is 0.250. The van der Waals surface area contributed by atoms with E-state index in [1.165, 1.54) is 6.42 Å². The summed E-state index contributed by atoms with van der Waals surface area (Å²) in [7, 11) is 0. The van der Waals surface area contributed by atoms with Crippen LogP contribution in [0.1, 0.15) is 29.6 Å². The van der Waals surface area contributed by atoms with Crippen molar-refractivity contribution in [3.05, 3.63) is 60.3 Å². The molecule has 24 heavy (non-hydrogen) atoms. The average Bonchev–Trinajstić information content (AvgIpc) is 2.68. The summed E-state index contributed by atoms with van der Waals surface area (Å²) in [6, 6.07) is 15.6. The zero-order valence-electron chi connectivity index (χ0n) is 13.5. The normalized spacial score (nSPS) is 14.8. The number of likely N-dealkylation sites (tertiary alicyclic amines) is 1. The Bertz CT molecular complexity index is 870. The first kappa shape index (κ1) is 14.8. The highest BCUT2D eigenvalue weighted by atomic mass is 16.2. The maximum Gasteiger partial charge on any atom is 0.253 e. The van der Waals surface area contributed by atoms with Crippen molar-refractivity contribution in [3.63, 3.8) is 0 Å². The van der Waals surface area contributed by atoms with Crippen molar-refractivity contribution >= 4 is 16.9 Å². The van der Waals surface area contributed by atoms with Crippen molar-refractivity contribution in [2.24, 2.45) is 0 Å². The van der Waals surface area contributed by atoms with Gasteiger partial charge < -0.3 is 4.90 Å². The van der Waals surface area contributed by atoms with E-state index in [0.717, 1.165) is 48.2 Å². The molecule has 0 unspecified atom stereocenters. The number of fused-ring (bicyclic) bond motifs is 1. The molecule has 0 atom stereocenters. The number of nitrogens with zero attached hydrogens (tertiary/aromatic N) is 3. The van der Waals surface area contributed by atoms with Crippen LogP contribution in [-0.4, -0.2) is 33.9 Å². The Kier molecular flexibility index (Phi) is 3.95. The van der Waals surface area contributed by atoms with Gasteiger partial charge in [0, 0.05) is 24.2 Å². The lowest BCUT2D eigenvalue weighted by Crippen LogP contribution is -2.35. The minimum atomic E-state index is 0.100. The van der Waals surface area contributed by atoms with Crippen LogP contribution in [0, 0.1) is 0 Å². The summed E-state index contributed by atoms with van der Waals surface area (Å²) in [5.74, 6) is 0.100. The molecule has 4 heteroatoms. The van der Waals surface area contributed by atoms with Gasteiger partial charge in [-0.2, -0.15) is 0 Å². The van der Waals surface area contributed by atoms with Gasteiger partial charge in [0.2, 0.25) is 0 Å². The summed E-state index contributed by atoms with van der Waals surface area (Å²) in [5.41, 5.74) is 4.12. The number of hydrogen-bond acceptors (Lipinski definition) is 3. The van der Waals surface area contributed by atoms with Crippen LogP contribution < -0.4 is 0 Å². The largest absolute Gasteiger partial charge is 0.339 e. The first-order valence-electron chi connectivity index (χ1n) is 8.43. The van der Waals surface area contributed by atoms with E-state index in [1.807, 2.05) is 53.4 Å². The quantitative estimate of drug-likeness (QED) is 0.719. The lowest BCUT2D eigenvalue weighted by atomic mass is 10.1. The van der Waals surface area contributed by atoms with E-state index >= 15 is 0 Å². The van der Waals surface area contributed by atoms with Crippen molar-refractivity contribution in [2.45, 2.75) is 19.3 Å². The third-order valence-electron chi connectivity index (χ3n) is 4.50. The van der Waals surface area contributed by atoms with E-state index in [2.05, 4.69) is 4.98 Å². The van der Waals surface area contributed by atoms with Crippen LogP contribution in [0.2, 0.25) is 0 Å². The van der Waals surface area contributed by atoms with Crippen LogP contribution >= 0.6 is 0 Å². The summed E-state index contributed by atoms with van der Waals surface area (Å²) in [6.07, 6.45) is 5.19. The third-order valence-corrected chi connectivity index (χ3v) is 4.50. The minimum Gasteiger partial charge on any atom is -0.339 e. The zero-order valence-corrected chi connectivity index (χ0v) is 13.5. The molecule has 2 aromatic carbocycles. The molecule has 2 heterocycles. The van der Waals surface area contributed by atoms with Crippen molar-refractivity contribution in [2.75, 3.05) is 13.1 Å². The molecule has 0 radical (unpaired) electrons. The number of carbonyl (C=O) groups is 1. The van der Waals surface area contributed by atoms with E-state index in [4.69, 9.17) is 4.98 Å². The second kappa shape index (κ2) is 6.40. The summed E-state index contributed by atoms with van der Waals surface area (Å²) in [5, 5.41) is 0. The maximum atomic E-state index is 12.7. The van der Waals surface area contributed by atoms with Gasteiger partial charge in [0.05, 0.1) is 22.9 Å². The molecule has 120 valence electrons. The number of amides is 1. The Morgan fingerprint density at radius 3 is 2.50 bits per heavy atom. The second-order valence-corrected chi connectivity index (χ2v) is 6.18. The highest BCUT2D eigenvalue weighted by Crippen LogP contribution is 2.21. The van der Waals surface area contributed by atoms with Gasteiger partial charge in [-0.25, -0.2) is 4.98 Å². The SMILES string of the molecule is O=C(c1ccc2ncc(-c3ccccc3)nc2c1)N1CCCCC1. The van der Waals surface area contributed by atoms with E-state index < -0.39 is 0 Å². The maximum absolute atomic E-state index is 12.7. The van der Waals surface area contributed by atoms with Crippen LogP contribution in [0.25, 0.3) is 22.3 Å². The predicted molar refractivity (Wildman–Crippen MR) is 94.7 cm³/mol. The van der Waals surface area contributed by atoms with Crippen molar-refractivity contribution < 1.29 is 4.79 Å². The first-order chi connectivity index (χ1) is 11.8. The molecular formula is C20H19N3O. The monoisotopic (exact) mass is 317 g/mol. The summed E-state index contributed by atoms with van der Waals surface area (Å²) in [4.78, 5) is 23.8. The lowest BCUT2D eigenvalue weighted by molar-refractivity contribution is 0.0724. The van der Waals surface area contributed by atoms with Crippen LogP contribution in [-0.2, 0) is 0 Å². The molecule has 4 rings (SSSR count). The molecule has 1 saturated heterocycles. The predicted octanol–water partition coefficient (Wildman–Crippen LogP) is 3.92. The van der Waals surface area contributed by atoms with Crippen molar-refractivity contribution in [1.29, 1.82) is 0 Å². The molecule has 1 amide bonds. The van der Waals surface area contributed by atoms with E-state index in [-0.39, 0.29) is 5.91 Å². The first-order valence-corrected chi connectivity index (χ1v) is 8.43. The van der Waals surface area contributed by atoms with Crippen molar-refractivity contribution in [3.8, 4) is 11.3 Å². The highest BCUT2D eigenvalue weighted by Gasteiger charge is 2.18. The van der Waals surface area contributed by atoms with Gasteiger partial charge in [0.1, 0.15) is 0 Å². The molecule has 4 nitrogen and oxygen atoms in total. The topological polar surface area (TPSA) is 46.1 Å². The molecule has 1 fully saturated rings. The molecule has 3 aromatic rings. The van der Waals surface area contributed by atoms with Gasteiger partial charge in [-0.1, -0.05) is 30.3 Å². The number of benzene rings is 2. The third kappa shape index (κ3) is 2.87. The summed E-state index contributed by atoms with van der Waals surface area (Å²) < 4.78 is 0. The number of carbonyl (C=O) groups excluding carboxylic acids is 1. The fourth-order valence-electron chi connectivity index (χ4n) is 3.17. The smallest absolute Gasteiger partial charge is 0.253 e. The Morgan fingerprint density at radius 1 is 0.917 bits per heavy atom. The fourth-order valence-corrected chi connectivity index (χ4v) is 3.17. The van der Waals surface area contributed by atoms with Crippen molar-refractivity contribution in [1.82, 2.24) is 14.9 Å². The molecule has 0 saturated carbocycles. The molecule has 0 spiro atoms. The Labute approximate surface area is 141 Å². The van der Waals surface area contributed by atoms with E-state index in [1.54, 1.807) is 6.20 Å². The molecule has 0 N–H and O–H groups in total. The van der Waals surface area contributed by atoms with Crippen LogP contribution in [0.15, 0.2) is 54.7 Å². The van der Waals surface area contributed by atoms with Gasteiger partial charge >= 0.3 is 0 Å². The lowest BCUT2D eigenvalue weighted by Gasteiger charge is -2.26. The number of piperidine rings is 1. The molecule has 1 aliphatic heterocycles. The standard InChI is InChI=1S/C20H19N3O/c24-20(23-11-5-2-6-12-23)16-9-10-17-18(13-16)22-19(14-21-17)15-7-3-1-4-8-15/h1,3-4,7-10,13-14H,2,5-6,11-12H2. The van der Waals surface area contributed by atoms with Crippen LogP contribution in [0.4, 0.5) is 0 Å². The van der Waals surface area contributed by atoms with Gasteiger partial charge in [-0.05, 0) is 37.5 Å². The zero-order chi connectivity index (χ0) is 16.4. The Hall–Kier alpha value is -2.75. The average molecular weight is 317 g/mol.